The van der Waals surface area contributed by atoms with Crippen molar-refractivity contribution in [2.24, 2.45) is 0 Å². The second kappa shape index (κ2) is 9.48. The summed E-state index contributed by atoms with van der Waals surface area (Å²) < 4.78 is 12.4. The van der Waals surface area contributed by atoms with Crippen LogP contribution in [0.15, 0.2) is 29.4 Å². The standard InChI is InChI=1S/C18H25N3O3S/c1-13-14(2)21(9-10-23-3)18(20-13)25-12-17(22)19-11-15-5-7-16(24-4)8-6-15/h5-8H,9-12H2,1-4H3,(H,19,22). The number of imidazole rings is 1. The molecule has 25 heavy (non-hydrogen) atoms. The molecule has 1 heterocycles. The minimum Gasteiger partial charge on any atom is -0.497 e. The van der Waals surface area contributed by atoms with Crippen LogP contribution >= 0.6 is 11.8 Å². The van der Waals surface area contributed by atoms with Gasteiger partial charge in [0, 0.05) is 25.9 Å². The highest BCUT2D eigenvalue weighted by Crippen LogP contribution is 2.21. The van der Waals surface area contributed by atoms with Crippen molar-refractivity contribution in [3.8, 4) is 5.75 Å². The minimum absolute atomic E-state index is 0.0163. The van der Waals surface area contributed by atoms with Crippen molar-refractivity contribution in [1.82, 2.24) is 14.9 Å². The molecule has 0 aliphatic heterocycles. The molecule has 2 rings (SSSR count). The highest BCUT2D eigenvalue weighted by Gasteiger charge is 2.13. The average molecular weight is 363 g/mol. The van der Waals surface area contributed by atoms with Gasteiger partial charge in [-0.1, -0.05) is 23.9 Å². The lowest BCUT2D eigenvalue weighted by molar-refractivity contribution is -0.118. The lowest BCUT2D eigenvalue weighted by Crippen LogP contribution is -2.24. The molecule has 0 aliphatic rings. The Morgan fingerprint density at radius 2 is 1.96 bits per heavy atom. The van der Waals surface area contributed by atoms with Crippen LogP contribution in [0.4, 0.5) is 0 Å². The van der Waals surface area contributed by atoms with E-state index in [0.29, 0.717) is 18.9 Å². The molecule has 1 aromatic carbocycles. The zero-order valence-electron chi connectivity index (χ0n) is 15.2. The molecule has 7 heteroatoms. The average Bonchev–Trinajstić information content (AvgIpc) is 2.90. The van der Waals surface area contributed by atoms with Crippen LogP contribution in [0.2, 0.25) is 0 Å². The first-order chi connectivity index (χ1) is 12.0. The SMILES string of the molecule is COCCn1c(SCC(=O)NCc2ccc(OC)cc2)nc(C)c1C. The number of nitrogens with zero attached hydrogens (tertiary/aromatic N) is 2. The van der Waals surface area contributed by atoms with Crippen molar-refractivity contribution in [2.45, 2.75) is 32.1 Å². The molecule has 1 N–H and O–H groups in total. The number of carbonyl (C=O) groups excluding carboxylic acids is 1. The summed E-state index contributed by atoms with van der Waals surface area (Å²) in [6, 6.07) is 7.65. The third kappa shape index (κ3) is 5.51. The number of aryl methyl sites for hydroxylation is 1. The highest BCUT2D eigenvalue weighted by atomic mass is 32.2. The quantitative estimate of drug-likeness (QED) is 0.694. The van der Waals surface area contributed by atoms with Crippen molar-refractivity contribution in [1.29, 1.82) is 0 Å². The fourth-order valence-corrected chi connectivity index (χ4v) is 3.25. The van der Waals surface area contributed by atoms with Crippen LogP contribution in [-0.4, -0.2) is 42.0 Å². The van der Waals surface area contributed by atoms with Gasteiger partial charge in [-0.15, -0.1) is 0 Å². The number of ether oxygens (including phenoxy) is 2. The molecule has 2 aromatic rings. The van der Waals surface area contributed by atoms with Gasteiger partial charge < -0.3 is 19.4 Å². The van der Waals surface area contributed by atoms with E-state index in [-0.39, 0.29) is 5.91 Å². The lowest BCUT2D eigenvalue weighted by atomic mass is 10.2. The number of hydrogen-bond acceptors (Lipinski definition) is 5. The van der Waals surface area contributed by atoms with E-state index in [9.17, 15) is 4.79 Å². The number of hydrogen-bond donors (Lipinski definition) is 1. The maximum atomic E-state index is 12.1. The maximum Gasteiger partial charge on any atom is 0.230 e. The summed E-state index contributed by atoms with van der Waals surface area (Å²) in [5.41, 5.74) is 3.13. The summed E-state index contributed by atoms with van der Waals surface area (Å²) >= 11 is 1.45. The van der Waals surface area contributed by atoms with Gasteiger partial charge in [0.25, 0.3) is 0 Å². The summed E-state index contributed by atoms with van der Waals surface area (Å²) in [7, 11) is 3.31. The van der Waals surface area contributed by atoms with E-state index in [0.717, 1.165) is 34.4 Å². The van der Waals surface area contributed by atoms with E-state index in [1.54, 1.807) is 14.2 Å². The zero-order valence-corrected chi connectivity index (χ0v) is 16.0. The topological polar surface area (TPSA) is 65.4 Å². The molecular formula is C18H25N3O3S. The molecule has 136 valence electrons. The molecule has 0 unspecified atom stereocenters. The van der Waals surface area contributed by atoms with Gasteiger partial charge in [0.2, 0.25) is 5.91 Å². The molecule has 1 aromatic heterocycles. The molecule has 0 spiro atoms. The van der Waals surface area contributed by atoms with E-state index in [1.165, 1.54) is 11.8 Å². The number of aromatic nitrogens is 2. The van der Waals surface area contributed by atoms with Gasteiger partial charge in [0.05, 0.1) is 25.2 Å². The normalized spacial score (nSPS) is 10.7. The van der Waals surface area contributed by atoms with Gasteiger partial charge in [-0.05, 0) is 31.5 Å². The van der Waals surface area contributed by atoms with E-state index in [4.69, 9.17) is 9.47 Å². The monoisotopic (exact) mass is 363 g/mol. The van der Waals surface area contributed by atoms with E-state index < -0.39 is 0 Å². The van der Waals surface area contributed by atoms with Crippen LogP contribution in [0, 0.1) is 13.8 Å². The Balaban J connectivity index is 1.86. The van der Waals surface area contributed by atoms with Gasteiger partial charge in [0.15, 0.2) is 5.16 Å². The van der Waals surface area contributed by atoms with Crippen LogP contribution in [-0.2, 0) is 22.6 Å². The van der Waals surface area contributed by atoms with E-state index in [2.05, 4.69) is 14.9 Å². The summed E-state index contributed by atoms with van der Waals surface area (Å²) in [6.07, 6.45) is 0. The van der Waals surface area contributed by atoms with Gasteiger partial charge in [-0.3, -0.25) is 4.79 Å². The molecule has 0 atom stereocenters. The molecule has 0 aliphatic carbocycles. The molecule has 0 radical (unpaired) electrons. The van der Waals surface area contributed by atoms with Crippen molar-refractivity contribution >= 4 is 17.7 Å². The zero-order chi connectivity index (χ0) is 18.2. The molecule has 0 fully saturated rings. The van der Waals surface area contributed by atoms with Crippen molar-refractivity contribution in [3.05, 3.63) is 41.2 Å². The van der Waals surface area contributed by atoms with E-state index in [1.807, 2.05) is 38.1 Å². The van der Waals surface area contributed by atoms with Crippen molar-refractivity contribution in [3.63, 3.8) is 0 Å². The predicted molar refractivity (Wildman–Crippen MR) is 99.1 cm³/mol. The Hall–Kier alpha value is -1.99. The number of carbonyl (C=O) groups is 1. The van der Waals surface area contributed by atoms with Crippen LogP contribution < -0.4 is 10.1 Å². The van der Waals surface area contributed by atoms with Crippen LogP contribution in [0.25, 0.3) is 0 Å². The maximum absolute atomic E-state index is 12.1. The second-order valence-electron chi connectivity index (χ2n) is 5.62. The molecular weight excluding hydrogens is 338 g/mol. The largest absolute Gasteiger partial charge is 0.497 e. The van der Waals surface area contributed by atoms with Crippen LogP contribution in [0.3, 0.4) is 0 Å². The fourth-order valence-electron chi connectivity index (χ4n) is 2.30. The molecule has 0 saturated carbocycles. The fraction of sp³-hybridized carbons (Fsp3) is 0.444. The number of methoxy groups -OCH3 is 2. The molecule has 0 saturated heterocycles. The first-order valence-electron chi connectivity index (χ1n) is 8.10. The first kappa shape index (κ1) is 19.3. The van der Waals surface area contributed by atoms with Gasteiger partial charge in [0.1, 0.15) is 5.75 Å². The summed E-state index contributed by atoms with van der Waals surface area (Å²) in [5, 5.41) is 3.78. The Bertz CT molecular complexity index is 698. The number of thioether (sulfide) groups is 1. The third-order valence-electron chi connectivity index (χ3n) is 3.92. The third-order valence-corrected chi connectivity index (χ3v) is 4.90. The Labute approximate surface area is 152 Å². The highest BCUT2D eigenvalue weighted by molar-refractivity contribution is 7.99. The van der Waals surface area contributed by atoms with Gasteiger partial charge in [-0.25, -0.2) is 4.98 Å². The number of nitrogens with one attached hydrogen (secondary N) is 1. The molecule has 6 nitrogen and oxygen atoms in total. The van der Waals surface area contributed by atoms with Gasteiger partial charge in [-0.2, -0.15) is 0 Å². The van der Waals surface area contributed by atoms with Crippen molar-refractivity contribution < 1.29 is 14.3 Å². The Kier molecular flexibility index (Phi) is 7.33. The Morgan fingerprint density at radius 3 is 2.60 bits per heavy atom. The lowest BCUT2D eigenvalue weighted by Gasteiger charge is -2.09. The Morgan fingerprint density at radius 1 is 1.24 bits per heavy atom. The van der Waals surface area contributed by atoms with E-state index >= 15 is 0 Å². The minimum atomic E-state index is -0.0163. The summed E-state index contributed by atoms with van der Waals surface area (Å²) in [6.45, 7) is 5.87. The first-order valence-corrected chi connectivity index (χ1v) is 9.08. The van der Waals surface area contributed by atoms with Gasteiger partial charge >= 0.3 is 0 Å². The van der Waals surface area contributed by atoms with Crippen LogP contribution in [0.5, 0.6) is 5.75 Å². The smallest absolute Gasteiger partial charge is 0.230 e. The predicted octanol–water partition coefficient (Wildman–Crippen LogP) is 2.56. The van der Waals surface area contributed by atoms with Crippen molar-refractivity contribution in [2.75, 3.05) is 26.6 Å². The summed E-state index contributed by atoms with van der Waals surface area (Å²) in [5.74, 6) is 1.12. The molecule has 1 amide bonds. The second-order valence-corrected chi connectivity index (χ2v) is 6.57. The molecule has 0 bridgehead atoms. The number of rotatable bonds is 9. The number of amides is 1. The number of benzene rings is 1. The van der Waals surface area contributed by atoms with Crippen LogP contribution in [0.1, 0.15) is 17.0 Å². The summed E-state index contributed by atoms with van der Waals surface area (Å²) in [4.78, 5) is 16.7.